The number of carbonyl (C=O) groups is 1. The number of aliphatic hydroxyl groups excluding tert-OH is 1. The van der Waals surface area contributed by atoms with Gasteiger partial charge in [0.05, 0.1) is 15.4 Å². The van der Waals surface area contributed by atoms with Crippen LogP contribution in [0.4, 0.5) is 0 Å². The van der Waals surface area contributed by atoms with E-state index in [4.69, 9.17) is 11.0 Å². The number of fused-ring (bicyclic) bond motifs is 4. The van der Waals surface area contributed by atoms with Gasteiger partial charge in [0.25, 0.3) is 0 Å². The topological polar surface area (TPSA) is 50.2 Å². The molecule has 5 rings (SSSR count). The fourth-order valence-corrected chi connectivity index (χ4v) is 7.17. The zero-order valence-corrected chi connectivity index (χ0v) is 34.0. The largest absolute Gasteiger partial charge is 0.512 e. The molecule has 49 heavy (non-hydrogen) atoms. The van der Waals surface area contributed by atoms with E-state index in [2.05, 4.69) is 31.8 Å². The summed E-state index contributed by atoms with van der Waals surface area (Å²) in [5.74, 6) is 0.547. The monoisotopic (exact) mass is 864 g/mol. The zero-order valence-electron chi connectivity index (χ0n) is 39.8. The molecule has 1 N–H and O–H groups in total. The summed E-state index contributed by atoms with van der Waals surface area (Å²) >= 11 is 1.31. The van der Waals surface area contributed by atoms with Crippen LogP contribution in [0.15, 0.2) is 66.3 Å². The SMILES string of the molecule is CCC(CC)C(=O)/C=C(\O)C(CC)CC.[2H]c1nc(-c2[c-]c3c([2H])c([2H])c([2H])c([2H])c3c(C(C)(C)C)c2[2H])c2sc3c(C)c(CC(C)(C)C)c([2H])c([2H])c3c2c1[2H].[Ir]. The van der Waals surface area contributed by atoms with E-state index in [1.54, 1.807) is 0 Å². The van der Waals surface area contributed by atoms with E-state index in [1.165, 1.54) is 17.4 Å². The van der Waals surface area contributed by atoms with Gasteiger partial charge in [0.15, 0.2) is 5.78 Å². The number of benzene rings is 3. The second-order valence-corrected chi connectivity index (χ2v) is 15.8. The Bertz CT molecular complexity index is 2400. The fraction of sp³-hybridized carbons (Fsp3) is 0.455. The summed E-state index contributed by atoms with van der Waals surface area (Å²) in [6.45, 7) is 21.8. The normalized spacial score (nSPS) is 15.0. The van der Waals surface area contributed by atoms with Gasteiger partial charge in [-0.15, -0.1) is 40.4 Å². The zero-order chi connectivity index (χ0) is 43.2. The molecule has 0 amide bonds. The number of nitrogens with zero attached hydrogens (tertiary/aromatic N) is 1. The molecule has 0 aliphatic heterocycles. The summed E-state index contributed by atoms with van der Waals surface area (Å²) in [6, 6.07) is 1.70. The Labute approximate surface area is 325 Å². The van der Waals surface area contributed by atoms with Crippen molar-refractivity contribution in [3.05, 3.63) is 89.1 Å². The molecule has 0 fully saturated rings. The number of aliphatic hydroxyl groups is 1. The smallest absolute Gasteiger partial charge is 0.162 e. The van der Waals surface area contributed by atoms with E-state index < -0.39 is 11.5 Å². The first-order chi connectivity index (χ1) is 26.4. The van der Waals surface area contributed by atoms with Crippen LogP contribution in [0.25, 0.3) is 42.2 Å². The molecular formula is C44H56IrNO2S-. The maximum absolute atomic E-state index is 11.7. The maximum Gasteiger partial charge on any atom is 0.162 e. The molecule has 5 heteroatoms. The van der Waals surface area contributed by atoms with Gasteiger partial charge in [0.2, 0.25) is 0 Å². The van der Waals surface area contributed by atoms with E-state index >= 15 is 0 Å². The summed E-state index contributed by atoms with van der Waals surface area (Å²) in [5, 5.41) is 10.9. The summed E-state index contributed by atoms with van der Waals surface area (Å²) in [7, 11) is 0. The molecule has 5 aromatic rings. The first kappa shape index (κ1) is 28.8. The molecule has 1 radical (unpaired) electrons. The Morgan fingerprint density at radius 3 is 2.10 bits per heavy atom. The Balaban J connectivity index is 0.000000480. The van der Waals surface area contributed by atoms with Crippen molar-refractivity contribution in [1.29, 1.82) is 0 Å². The molecule has 0 saturated heterocycles. The molecule has 0 spiro atoms. The molecular weight excluding hydrogens is 799 g/mol. The van der Waals surface area contributed by atoms with Gasteiger partial charge in [-0.25, -0.2) is 0 Å². The molecule has 265 valence electrons. The number of allylic oxidation sites excluding steroid dienone is 2. The quantitative estimate of drug-likeness (QED) is 0.0912. The van der Waals surface area contributed by atoms with Crippen LogP contribution < -0.4 is 0 Å². The van der Waals surface area contributed by atoms with Crippen LogP contribution >= 0.6 is 11.3 Å². The van der Waals surface area contributed by atoms with Crippen molar-refractivity contribution in [2.75, 3.05) is 0 Å². The minimum Gasteiger partial charge on any atom is -0.512 e. The Morgan fingerprint density at radius 2 is 1.51 bits per heavy atom. The average molecular weight is 864 g/mol. The molecule has 0 aliphatic carbocycles. The van der Waals surface area contributed by atoms with Crippen molar-refractivity contribution in [3.8, 4) is 11.3 Å². The van der Waals surface area contributed by atoms with Gasteiger partial charge in [0, 0.05) is 67.4 Å². The molecule has 0 bridgehead atoms. The second kappa shape index (κ2) is 16.9. The van der Waals surface area contributed by atoms with E-state index in [-0.39, 0.29) is 119 Å². The summed E-state index contributed by atoms with van der Waals surface area (Å²) < 4.78 is 79.5. The molecule has 2 aromatic heterocycles. The molecule has 0 saturated carbocycles. The standard InChI is InChI=1S/C31H32NS.C13H24O2.Ir/c1-19-21(18-30(2,3)4)12-13-24-25-14-15-32-27(29(25)33-28(19)24)22-16-20-10-8-9-11-23(20)26(17-22)31(5,6)7;1-5-10(6-2)12(14)9-13(15)11(7-3)8-4;/h8-15,17H,18H2,1-7H3;9-11,14H,5-8H2,1-4H3;/q-1;;/b;12-9-;/i8D,9D,10D,11D,12D,13D,14D,15D,17D;;. The van der Waals surface area contributed by atoms with Crippen molar-refractivity contribution in [3.63, 3.8) is 0 Å². The van der Waals surface area contributed by atoms with Gasteiger partial charge in [-0.1, -0.05) is 110 Å². The van der Waals surface area contributed by atoms with Crippen molar-refractivity contribution in [2.45, 2.75) is 114 Å². The molecule has 2 heterocycles. The van der Waals surface area contributed by atoms with Gasteiger partial charge >= 0.3 is 0 Å². The molecule has 0 aliphatic rings. The molecule has 0 unspecified atom stereocenters. The van der Waals surface area contributed by atoms with Crippen molar-refractivity contribution in [2.24, 2.45) is 17.3 Å². The number of rotatable bonds is 9. The Hall–Kier alpha value is -2.85. The number of aryl methyl sites for hydroxylation is 1. The number of thiophene rings is 1. The van der Waals surface area contributed by atoms with Crippen molar-refractivity contribution >= 4 is 48.1 Å². The number of pyridine rings is 1. The van der Waals surface area contributed by atoms with Crippen LogP contribution in [0.5, 0.6) is 0 Å². The molecule has 0 atom stereocenters. The van der Waals surface area contributed by atoms with Crippen LogP contribution in [-0.2, 0) is 36.7 Å². The summed E-state index contributed by atoms with van der Waals surface area (Å²) in [5.41, 5.74) is 1.59. The van der Waals surface area contributed by atoms with Crippen LogP contribution in [-0.4, -0.2) is 15.9 Å². The van der Waals surface area contributed by atoms with E-state index in [9.17, 15) is 11.3 Å². The van der Waals surface area contributed by atoms with Crippen LogP contribution in [0.1, 0.15) is 124 Å². The predicted molar refractivity (Wildman–Crippen MR) is 209 cm³/mol. The summed E-state index contributed by atoms with van der Waals surface area (Å²) in [4.78, 5) is 16.2. The maximum atomic E-state index is 11.7. The number of aromatic nitrogens is 1. The first-order valence-corrected chi connectivity index (χ1v) is 17.9. The van der Waals surface area contributed by atoms with E-state index in [1.807, 2.05) is 55.4 Å². The van der Waals surface area contributed by atoms with E-state index in [0.29, 0.717) is 27.5 Å². The third-order valence-corrected chi connectivity index (χ3v) is 10.1. The Morgan fingerprint density at radius 1 is 0.898 bits per heavy atom. The van der Waals surface area contributed by atoms with Gasteiger partial charge in [0.1, 0.15) is 0 Å². The predicted octanol–water partition coefficient (Wildman–Crippen LogP) is 13.1. The van der Waals surface area contributed by atoms with Crippen LogP contribution in [0.2, 0.25) is 0 Å². The van der Waals surface area contributed by atoms with Gasteiger partial charge < -0.3 is 5.11 Å². The Kier molecular flexibility index (Phi) is 9.94. The third kappa shape index (κ3) is 9.48. The van der Waals surface area contributed by atoms with Crippen molar-refractivity contribution < 1.29 is 42.3 Å². The van der Waals surface area contributed by atoms with Crippen LogP contribution in [0.3, 0.4) is 0 Å². The average Bonchev–Trinajstić information content (AvgIpc) is 3.54. The molecule has 3 nitrogen and oxygen atoms in total. The fourth-order valence-electron chi connectivity index (χ4n) is 5.93. The number of carbonyl (C=O) groups excluding carboxylic acids is 1. The minimum absolute atomic E-state index is 0. The van der Waals surface area contributed by atoms with Crippen LogP contribution in [0, 0.1) is 30.2 Å². The van der Waals surface area contributed by atoms with Crippen molar-refractivity contribution in [1.82, 2.24) is 4.98 Å². The molecule has 3 aromatic carbocycles. The van der Waals surface area contributed by atoms with Gasteiger partial charge in [-0.2, -0.15) is 0 Å². The number of ketones is 1. The first-order valence-electron chi connectivity index (χ1n) is 21.6. The number of hydrogen-bond acceptors (Lipinski definition) is 4. The third-order valence-electron chi connectivity index (χ3n) is 8.82. The van der Waals surface area contributed by atoms with E-state index in [0.717, 1.165) is 41.5 Å². The minimum atomic E-state index is -0.692. The summed E-state index contributed by atoms with van der Waals surface area (Å²) in [6.07, 6.45) is 5.15. The van der Waals surface area contributed by atoms with Gasteiger partial charge in [-0.05, 0) is 72.4 Å². The number of hydrogen-bond donors (Lipinski definition) is 1. The second-order valence-electron chi connectivity index (χ2n) is 14.8. The van der Waals surface area contributed by atoms with Gasteiger partial charge in [-0.3, -0.25) is 9.78 Å².